The summed E-state index contributed by atoms with van der Waals surface area (Å²) in [7, 11) is 3.32. The SMILES string of the molecule is COc1ccc2cc3c4c(cc5c(c4c2c1OC)OCO5)CCN3. The number of hydrogen-bond donors (Lipinski definition) is 1. The maximum atomic E-state index is 5.83. The first-order chi connectivity index (χ1) is 11.8. The molecule has 1 N–H and O–H groups in total. The van der Waals surface area contributed by atoms with Crippen molar-refractivity contribution in [2.45, 2.75) is 6.42 Å². The minimum absolute atomic E-state index is 0.249. The number of ether oxygens (including phenoxy) is 4. The molecular formula is C19H17NO4. The van der Waals surface area contributed by atoms with E-state index in [4.69, 9.17) is 18.9 Å². The molecule has 5 heteroatoms. The van der Waals surface area contributed by atoms with Crippen molar-refractivity contribution in [2.24, 2.45) is 0 Å². The van der Waals surface area contributed by atoms with Gasteiger partial charge in [0, 0.05) is 28.4 Å². The van der Waals surface area contributed by atoms with Gasteiger partial charge < -0.3 is 24.3 Å². The summed E-state index contributed by atoms with van der Waals surface area (Å²) in [4.78, 5) is 0. The van der Waals surface area contributed by atoms with Crippen molar-refractivity contribution >= 4 is 27.2 Å². The lowest BCUT2D eigenvalue weighted by Crippen LogP contribution is -2.12. The average Bonchev–Trinajstić information content (AvgIpc) is 3.08. The molecule has 0 saturated carbocycles. The first-order valence-electron chi connectivity index (χ1n) is 7.98. The van der Waals surface area contributed by atoms with Gasteiger partial charge in [-0.2, -0.15) is 0 Å². The molecule has 0 saturated heterocycles. The molecule has 122 valence electrons. The summed E-state index contributed by atoms with van der Waals surface area (Å²) in [6.07, 6.45) is 0.956. The first-order valence-corrected chi connectivity index (χ1v) is 7.98. The smallest absolute Gasteiger partial charge is 0.231 e. The predicted molar refractivity (Wildman–Crippen MR) is 92.9 cm³/mol. The molecule has 0 spiro atoms. The Morgan fingerprint density at radius 3 is 2.75 bits per heavy atom. The van der Waals surface area contributed by atoms with E-state index in [1.165, 1.54) is 10.9 Å². The third kappa shape index (κ3) is 1.64. The Morgan fingerprint density at radius 1 is 1.00 bits per heavy atom. The quantitative estimate of drug-likeness (QED) is 0.729. The molecule has 0 unspecified atom stereocenters. The predicted octanol–water partition coefficient (Wildman–Crippen LogP) is 3.71. The first kappa shape index (κ1) is 13.6. The number of anilines is 1. The van der Waals surface area contributed by atoms with Crippen LogP contribution in [0.3, 0.4) is 0 Å². The van der Waals surface area contributed by atoms with Crippen molar-refractivity contribution in [1.29, 1.82) is 0 Å². The van der Waals surface area contributed by atoms with Crippen molar-refractivity contribution in [2.75, 3.05) is 32.9 Å². The molecule has 24 heavy (non-hydrogen) atoms. The number of hydrogen-bond acceptors (Lipinski definition) is 5. The molecule has 0 fully saturated rings. The van der Waals surface area contributed by atoms with Crippen LogP contribution in [0.4, 0.5) is 5.69 Å². The summed E-state index contributed by atoms with van der Waals surface area (Å²) in [5.41, 5.74) is 2.40. The molecule has 3 aromatic rings. The Balaban J connectivity index is 2.06. The molecule has 2 aliphatic heterocycles. The average molecular weight is 323 g/mol. The summed E-state index contributed by atoms with van der Waals surface area (Å²) < 4.78 is 22.7. The third-order valence-corrected chi connectivity index (χ3v) is 4.85. The van der Waals surface area contributed by atoms with Crippen LogP contribution in [0.15, 0.2) is 24.3 Å². The maximum absolute atomic E-state index is 5.83. The summed E-state index contributed by atoms with van der Waals surface area (Å²) in [6, 6.07) is 8.26. The highest BCUT2D eigenvalue weighted by Crippen LogP contribution is 2.51. The molecule has 0 bridgehead atoms. The van der Waals surface area contributed by atoms with E-state index in [9.17, 15) is 0 Å². The number of rotatable bonds is 2. The fourth-order valence-corrected chi connectivity index (χ4v) is 3.86. The molecule has 5 rings (SSSR count). The monoisotopic (exact) mass is 323 g/mol. The lowest BCUT2D eigenvalue weighted by atomic mass is 9.91. The lowest BCUT2D eigenvalue weighted by Gasteiger charge is -2.23. The Hall–Kier alpha value is -2.82. The van der Waals surface area contributed by atoms with Gasteiger partial charge >= 0.3 is 0 Å². The van der Waals surface area contributed by atoms with Gasteiger partial charge in [0.15, 0.2) is 23.0 Å². The van der Waals surface area contributed by atoms with E-state index in [1.54, 1.807) is 14.2 Å². The molecule has 0 aliphatic carbocycles. The van der Waals surface area contributed by atoms with Crippen molar-refractivity contribution < 1.29 is 18.9 Å². The zero-order valence-corrected chi connectivity index (χ0v) is 13.6. The van der Waals surface area contributed by atoms with Gasteiger partial charge in [0.25, 0.3) is 0 Å². The van der Waals surface area contributed by atoms with Crippen molar-refractivity contribution in [3.8, 4) is 23.0 Å². The summed E-state index contributed by atoms with van der Waals surface area (Å²) in [5.74, 6) is 3.03. The van der Waals surface area contributed by atoms with Crippen LogP contribution in [-0.2, 0) is 6.42 Å². The molecule has 0 radical (unpaired) electrons. The summed E-state index contributed by atoms with van der Waals surface area (Å²) in [5, 5.41) is 7.82. The standard InChI is InChI=1S/C19H17NO4/c1-21-13-4-3-10-7-12-15-11(5-6-20-12)8-14-19(24-9-23-14)17(15)16(10)18(13)22-2/h3-4,7-8,20H,5-6,9H2,1-2H3. The highest BCUT2D eigenvalue weighted by molar-refractivity contribution is 6.20. The second-order valence-corrected chi connectivity index (χ2v) is 6.02. The zero-order valence-electron chi connectivity index (χ0n) is 13.6. The van der Waals surface area contributed by atoms with Crippen LogP contribution < -0.4 is 24.3 Å². The summed E-state index contributed by atoms with van der Waals surface area (Å²) in [6.45, 7) is 1.17. The topological polar surface area (TPSA) is 49.0 Å². The Bertz CT molecular complexity index is 996. The van der Waals surface area contributed by atoms with E-state index < -0.39 is 0 Å². The van der Waals surface area contributed by atoms with Crippen molar-refractivity contribution in [3.63, 3.8) is 0 Å². The molecule has 0 aromatic heterocycles. The van der Waals surface area contributed by atoms with E-state index in [1.807, 2.05) is 6.07 Å². The molecular weight excluding hydrogens is 306 g/mol. The molecule has 5 nitrogen and oxygen atoms in total. The fraction of sp³-hybridized carbons (Fsp3) is 0.263. The Labute approximate surface area is 139 Å². The number of nitrogens with one attached hydrogen (secondary N) is 1. The van der Waals surface area contributed by atoms with E-state index in [0.29, 0.717) is 5.75 Å². The van der Waals surface area contributed by atoms with Gasteiger partial charge in [0.1, 0.15) is 0 Å². The molecule has 0 atom stereocenters. The minimum Gasteiger partial charge on any atom is -0.493 e. The summed E-state index contributed by atoms with van der Waals surface area (Å²) >= 11 is 0. The van der Waals surface area contributed by atoms with Crippen LogP contribution >= 0.6 is 0 Å². The van der Waals surface area contributed by atoms with Crippen molar-refractivity contribution in [3.05, 3.63) is 29.8 Å². The maximum Gasteiger partial charge on any atom is 0.231 e. The van der Waals surface area contributed by atoms with Crippen LogP contribution in [0, 0.1) is 0 Å². The third-order valence-electron chi connectivity index (χ3n) is 4.85. The second kappa shape index (κ2) is 4.84. The van der Waals surface area contributed by atoms with Crippen LogP contribution in [0.2, 0.25) is 0 Å². The van der Waals surface area contributed by atoms with Gasteiger partial charge in [-0.05, 0) is 35.6 Å². The van der Waals surface area contributed by atoms with E-state index in [-0.39, 0.29) is 6.79 Å². The Kier molecular flexibility index (Phi) is 2.74. The fourth-order valence-electron chi connectivity index (χ4n) is 3.86. The zero-order chi connectivity index (χ0) is 16.3. The van der Waals surface area contributed by atoms with Crippen LogP contribution in [0.1, 0.15) is 5.56 Å². The van der Waals surface area contributed by atoms with Gasteiger partial charge in [-0.1, -0.05) is 6.07 Å². The molecule has 0 amide bonds. The van der Waals surface area contributed by atoms with Gasteiger partial charge in [-0.25, -0.2) is 0 Å². The van der Waals surface area contributed by atoms with E-state index >= 15 is 0 Å². The van der Waals surface area contributed by atoms with E-state index in [2.05, 4.69) is 23.5 Å². The van der Waals surface area contributed by atoms with Crippen LogP contribution in [0.25, 0.3) is 21.5 Å². The van der Waals surface area contributed by atoms with Crippen molar-refractivity contribution in [1.82, 2.24) is 0 Å². The molecule has 2 heterocycles. The number of methoxy groups -OCH3 is 2. The number of benzene rings is 3. The van der Waals surface area contributed by atoms with Crippen LogP contribution in [-0.4, -0.2) is 27.6 Å². The largest absolute Gasteiger partial charge is 0.493 e. The van der Waals surface area contributed by atoms with Gasteiger partial charge in [0.05, 0.1) is 14.2 Å². The van der Waals surface area contributed by atoms with Gasteiger partial charge in [0.2, 0.25) is 6.79 Å². The Morgan fingerprint density at radius 2 is 1.92 bits per heavy atom. The minimum atomic E-state index is 0.249. The molecule has 2 aliphatic rings. The normalized spacial score (nSPS) is 14.8. The second-order valence-electron chi connectivity index (χ2n) is 6.02. The van der Waals surface area contributed by atoms with E-state index in [0.717, 1.165) is 52.1 Å². The number of fused-ring (bicyclic) bond motifs is 4. The lowest BCUT2D eigenvalue weighted by molar-refractivity contribution is 0.175. The van der Waals surface area contributed by atoms with Gasteiger partial charge in [-0.15, -0.1) is 0 Å². The highest BCUT2D eigenvalue weighted by atomic mass is 16.7. The molecule has 3 aromatic carbocycles. The highest BCUT2D eigenvalue weighted by Gasteiger charge is 2.27. The van der Waals surface area contributed by atoms with Crippen LogP contribution in [0.5, 0.6) is 23.0 Å². The van der Waals surface area contributed by atoms with Gasteiger partial charge in [-0.3, -0.25) is 0 Å².